The van der Waals surface area contributed by atoms with Crippen LogP contribution in [0.1, 0.15) is 38.4 Å². The second kappa shape index (κ2) is 4.20. The molecule has 0 saturated carbocycles. The third-order valence-electron chi connectivity index (χ3n) is 3.54. The molecule has 1 aromatic rings. The molecule has 2 heterocycles. The highest BCUT2D eigenvalue weighted by atomic mass is 32.1. The molecule has 0 aliphatic carbocycles. The van der Waals surface area contributed by atoms with E-state index in [-0.39, 0.29) is 0 Å². The Morgan fingerprint density at radius 3 is 1.95 bits per heavy atom. The number of hydrogen-bond donors (Lipinski definition) is 0. The van der Waals surface area contributed by atoms with E-state index >= 15 is 0 Å². The highest BCUT2D eigenvalue weighted by molar-refractivity contribution is 7.22. The van der Waals surface area contributed by atoms with Gasteiger partial charge in [-0.1, -0.05) is 0 Å². The average Bonchev–Trinajstić information content (AvgIpc) is 2.65. The molecular formula is C11H15BF3NO2S. The summed E-state index contributed by atoms with van der Waals surface area (Å²) in [7, 11) is -0.793. The standard InChI is InChI=1S/C11H15BF3NO2S/c1-6-7(19-8(16-6)11(13,14)15)12-17-9(2,3)10(4,5)18-12/h1-5H3. The number of aryl methyl sites for hydroxylation is 1. The van der Waals surface area contributed by atoms with E-state index in [1.54, 1.807) is 0 Å². The van der Waals surface area contributed by atoms with Crippen LogP contribution in [0.15, 0.2) is 0 Å². The Balaban J connectivity index is 2.33. The summed E-state index contributed by atoms with van der Waals surface area (Å²) < 4.78 is 49.8. The Labute approximate surface area is 114 Å². The predicted octanol–water partition coefficient (Wildman–Crippen LogP) is 2.77. The zero-order valence-corrected chi connectivity index (χ0v) is 12.2. The van der Waals surface area contributed by atoms with Crippen molar-refractivity contribution in [3.05, 3.63) is 10.7 Å². The van der Waals surface area contributed by atoms with Crippen LogP contribution in [0.5, 0.6) is 0 Å². The van der Waals surface area contributed by atoms with Crippen molar-refractivity contribution in [2.75, 3.05) is 0 Å². The molecule has 0 N–H and O–H groups in total. The van der Waals surface area contributed by atoms with Crippen LogP contribution in [0.25, 0.3) is 0 Å². The molecule has 8 heteroatoms. The molecule has 19 heavy (non-hydrogen) atoms. The van der Waals surface area contributed by atoms with E-state index in [9.17, 15) is 13.2 Å². The second-order valence-electron chi connectivity index (χ2n) is 5.55. The van der Waals surface area contributed by atoms with E-state index in [1.807, 2.05) is 27.7 Å². The number of aromatic nitrogens is 1. The number of hydrogen-bond acceptors (Lipinski definition) is 4. The van der Waals surface area contributed by atoms with Crippen LogP contribution >= 0.6 is 11.3 Å². The number of nitrogens with zero attached hydrogens (tertiary/aromatic N) is 1. The van der Waals surface area contributed by atoms with Gasteiger partial charge in [0.2, 0.25) is 0 Å². The molecule has 3 nitrogen and oxygen atoms in total. The van der Waals surface area contributed by atoms with Crippen molar-refractivity contribution in [2.24, 2.45) is 0 Å². The third kappa shape index (κ3) is 2.53. The minimum Gasteiger partial charge on any atom is -0.399 e. The Kier molecular flexibility index (Phi) is 3.27. The number of rotatable bonds is 1. The minimum absolute atomic E-state index is 0.302. The fraction of sp³-hybridized carbons (Fsp3) is 0.727. The number of halogens is 3. The van der Waals surface area contributed by atoms with Crippen molar-refractivity contribution in [2.45, 2.75) is 52.0 Å². The van der Waals surface area contributed by atoms with Gasteiger partial charge in [-0.3, -0.25) is 0 Å². The molecule has 1 fully saturated rings. The van der Waals surface area contributed by atoms with Gasteiger partial charge in [0.15, 0.2) is 5.01 Å². The van der Waals surface area contributed by atoms with Gasteiger partial charge in [0, 0.05) is 5.69 Å². The molecule has 0 unspecified atom stereocenters. The van der Waals surface area contributed by atoms with Crippen LogP contribution in [0.2, 0.25) is 0 Å². The zero-order valence-electron chi connectivity index (χ0n) is 11.4. The lowest BCUT2D eigenvalue weighted by Crippen LogP contribution is -2.41. The maximum atomic E-state index is 12.6. The molecule has 0 spiro atoms. The molecule has 0 aromatic carbocycles. The Bertz CT molecular complexity index is 483. The molecule has 0 amide bonds. The Hall–Kier alpha value is -0.595. The predicted molar refractivity (Wildman–Crippen MR) is 67.6 cm³/mol. The van der Waals surface area contributed by atoms with E-state index in [0.29, 0.717) is 21.8 Å². The van der Waals surface area contributed by atoms with Crippen LogP contribution in [0.4, 0.5) is 13.2 Å². The topological polar surface area (TPSA) is 31.4 Å². The smallest absolute Gasteiger partial charge is 0.399 e. The highest BCUT2D eigenvalue weighted by Crippen LogP contribution is 2.38. The summed E-state index contributed by atoms with van der Waals surface area (Å²) in [5.74, 6) is 0. The fourth-order valence-corrected chi connectivity index (χ4v) is 2.59. The first-order valence-electron chi connectivity index (χ1n) is 5.84. The summed E-state index contributed by atoms with van der Waals surface area (Å²) in [6.45, 7) is 8.95. The quantitative estimate of drug-likeness (QED) is 0.746. The van der Waals surface area contributed by atoms with Crippen molar-refractivity contribution < 1.29 is 22.5 Å². The van der Waals surface area contributed by atoms with Crippen molar-refractivity contribution in [3.63, 3.8) is 0 Å². The van der Waals surface area contributed by atoms with Gasteiger partial charge in [-0.15, -0.1) is 11.3 Å². The molecule has 1 aliphatic rings. The molecule has 106 valence electrons. The SMILES string of the molecule is Cc1nc(C(F)(F)F)sc1B1OC(C)(C)C(C)(C)O1. The molecule has 2 rings (SSSR count). The van der Waals surface area contributed by atoms with Crippen LogP contribution < -0.4 is 4.78 Å². The van der Waals surface area contributed by atoms with Gasteiger partial charge in [0.05, 0.1) is 16.0 Å². The summed E-state index contributed by atoms with van der Waals surface area (Å²) in [4.78, 5) is 3.56. The molecule has 1 aliphatic heterocycles. The maximum absolute atomic E-state index is 12.6. The van der Waals surface area contributed by atoms with E-state index < -0.39 is 29.5 Å². The van der Waals surface area contributed by atoms with Crippen LogP contribution in [-0.4, -0.2) is 23.3 Å². The third-order valence-corrected chi connectivity index (χ3v) is 4.77. The Morgan fingerprint density at radius 2 is 1.58 bits per heavy atom. The normalized spacial score (nSPS) is 22.0. The van der Waals surface area contributed by atoms with Crippen molar-refractivity contribution in [3.8, 4) is 0 Å². The van der Waals surface area contributed by atoms with E-state index in [1.165, 1.54) is 6.92 Å². The average molecular weight is 293 g/mol. The molecule has 1 saturated heterocycles. The van der Waals surface area contributed by atoms with Gasteiger partial charge < -0.3 is 9.31 Å². The molecule has 0 radical (unpaired) electrons. The monoisotopic (exact) mass is 293 g/mol. The van der Waals surface area contributed by atoms with E-state index in [0.717, 1.165) is 0 Å². The lowest BCUT2D eigenvalue weighted by molar-refractivity contribution is -0.137. The van der Waals surface area contributed by atoms with E-state index in [4.69, 9.17) is 9.31 Å². The van der Waals surface area contributed by atoms with Gasteiger partial charge in [-0.2, -0.15) is 13.2 Å². The van der Waals surface area contributed by atoms with Crippen LogP contribution in [-0.2, 0) is 15.5 Å². The first kappa shape index (κ1) is 14.8. The summed E-state index contributed by atoms with van der Waals surface area (Å²) in [6, 6.07) is 0. The minimum atomic E-state index is -4.43. The largest absolute Gasteiger partial charge is 0.507 e. The summed E-state index contributed by atoms with van der Waals surface area (Å²) in [6.07, 6.45) is -4.43. The van der Waals surface area contributed by atoms with Gasteiger partial charge in [-0.25, -0.2) is 4.98 Å². The second-order valence-corrected chi connectivity index (χ2v) is 6.59. The summed E-state index contributed by atoms with van der Waals surface area (Å²) in [5.41, 5.74) is -0.852. The van der Waals surface area contributed by atoms with Gasteiger partial charge >= 0.3 is 13.3 Å². The first-order chi connectivity index (χ1) is 8.44. The van der Waals surface area contributed by atoms with Crippen molar-refractivity contribution in [1.82, 2.24) is 4.98 Å². The van der Waals surface area contributed by atoms with Gasteiger partial charge in [0.1, 0.15) is 0 Å². The highest BCUT2D eigenvalue weighted by Gasteiger charge is 2.53. The van der Waals surface area contributed by atoms with Gasteiger partial charge in [0.25, 0.3) is 0 Å². The first-order valence-corrected chi connectivity index (χ1v) is 6.66. The van der Waals surface area contributed by atoms with Crippen LogP contribution in [0.3, 0.4) is 0 Å². The zero-order chi connectivity index (χ0) is 14.6. The lowest BCUT2D eigenvalue weighted by atomic mass is 9.86. The number of thiazole rings is 1. The molecule has 0 atom stereocenters. The summed E-state index contributed by atoms with van der Waals surface area (Å²) in [5, 5.41) is -0.866. The van der Waals surface area contributed by atoms with Crippen molar-refractivity contribution in [1.29, 1.82) is 0 Å². The molecule has 1 aromatic heterocycles. The maximum Gasteiger partial charge on any atom is 0.507 e. The van der Waals surface area contributed by atoms with E-state index in [2.05, 4.69) is 4.98 Å². The molecular weight excluding hydrogens is 278 g/mol. The Morgan fingerprint density at radius 1 is 1.11 bits per heavy atom. The van der Waals surface area contributed by atoms with Crippen LogP contribution in [0, 0.1) is 6.92 Å². The van der Waals surface area contributed by atoms with Crippen molar-refractivity contribution >= 4 is 23.2 Å². The lowest BCUT2D eigenvalue weighted by Gasteiger charge is -2.32. The molecule has 0 bridgehead atoms. The summed E-state index contributed by atoms with van der Waals surface area (Å²) >= 11 is 0.579. The number of alkyl halides is 3. The fourth-order valence-electron chi connectivity index (χ4n) is 1.70. The van der Waals surface area contributed by atoms with Gasteiger partial charge in [-0.05, 0) is 34.6 Å².